The summed E-state index contributed by atoms with van der Waals surface area (Å²) in [5, 5.41) is 1.66. The summed E-state index contributed by atoms with van der Waals surface area (Å²) in [5.74, 6) is -0.611. The molecule has 1 aromatic carbocycles. The third-order valence-corrected chi connectivity index (χ3v) is 6.57. The molecule has 0 unspecified atom stereocenters. The van der Waals surface area contributed by atoms with Crippen molar-refractivity contribution in [3.05, 3.63) is 53.2 Å². The quantitative estimate of drug-likeness (QED) is 0.895. The number of amides is 1. The third kappa shape index (κ3) is 3.44. The predicted octanol–water partition coefficient (Wildman–Crippen LogP) is 2.14. The molecule has 2 heterocycles. The predicted molar refractivity (Wildman–Crippen MR) is 85.0 cm³/mol. The number of thiophene rings is 1. The van der Waals surface area contributed by atoms with Gasteiger partial charge in [-0.3, -0.25) is 4.79 Å². The van der Waals surface area contributed by atoms with Crippen molar-refractivity contribution in [1.82, 2.24) is 9.62 Å². The van der Waals surface area contributed by atoms with Gasteiger partial charge in [-0.1, -0.05) is 18.2 Å². The molecule has 1 aliphatic rings. The van der Waals surface area contributed by atoms with E-state index in [4.69, 9.17) is 0 Å². The van der Waals surface area contributed by atoms with Gasteiger partial charge in [0.25, 0.3) is 10.0 Å². The van der Waals surface area contributed by atoms with Gasteiger partial charge in [0.15, 0.2) is 0 Å². The Morgan fingerprint density at radius 1 is 1.30 bits per heavy atom. The zero-order valence-corrected chi connectivity index (χ0v) is 13.7. The lowest BCUT2D eigenvalue weighted by Crippen LogP contribution is -2.49. The molecule has 122 valence electrons. The number of sulfonamides is 1. The molecule has 0 aliphatic carbocycles. The van der Waals surface area contributed by atoms with Gasteiger partial charge in [0, 0.05) is 6.54 Å². The molecule has 23 heavy (non-hydrogen) atoms. The Labute approximate surface area is 137 Å². The lowest BCUT2D eigenvalue weighted by atomic mass is 9.94. The second-order valence-electron chi connectivity index (χ2n) is 5.20. The van der Waals surface area contributed by atoms with E-state index in [1.54, 1.807) is 28.5 Å². The standard InChI is InChI=1S/C15H15FN2O3S2/c16-12-5-3-11(4-6-12)13-7-8-18(13)14(19)10-17-23(20,21)15-2-1-9-22-15/h1-6,9,13,17H,7-8,10H2/t13-/m0/s1. The summed E-state index contributed by atoms with van der Waals surface area (Å²) in [6.45, 7) is 0.291. The Bertz CT molecular complexity index is 789. The number of halogens is 1. The highest BCUT2D eigenvalue weighted by Gasteiger charge is 2.33. The van der Waals surface area contributed by atoms with Crippen molar-refractivity contribution in [2.24, 2.45) is 0 Å². The number of nitrogens with one attached hydrogen (secondary N) is 1. The summed E-state index contributed by atoms with van der Waals surface area (Å²) in [5.41, 5.74) is 0.854. The van der Waals surface area contributed by atoms with Crippen molar-refractivity contribution in [3.8, 4) is 0 Å². The highest BCUT2D eigenvalue weighted by atomic mass is 32.2. The Hall–Kier alpha value is -1.77. The van der Waals surface area contributed by atoms with Gasteiger partial charge in [0.2, 0.25) is 5.91 Å². The molecule has 5 nitrogen and oxygen atoms in total. The number of benzene rings is 1. The largest absolute Gasteiger partial charge is 0.334 e. The smallest absolute Gasteiger partial charge is 0.250 e. The molecule has 1 fully saturated rings. The number of rotatable bonds is 5. The average Bonchev–Trinajstić information content (AvgIpc) is 3.02. The first-order valence-corrected chi connectivity index (χ1v) is 9.42. The number of carbonyl (C=O) groups is 1. The van der Waals surface area contributed by atoms with Crippen LogP contribution in [0.25, 0.3) is 0 Å². The zero-order chi connectivity index (χ0) is 16.4. The van der Waals surface area contributed by atoms with Gasteiger partial charge in [-0.05, 0) is 35.6 Å². The van der Waals surface area contributed by atoms with Crippen molar-refractivity contribution in [3.63, 3.8) is 0 Å². The molecule has 1 saturated heterocycles. The van der Waals surface area contributed by atoms with Crippen molar-refractivity contribution in [2.45, 2.75) is 16.7 Å². The van der Waals surface area contributed by atoms with E-state index in [2.05, 4.69) is 4.72 Å². The highest BCUT2D eigenvalue weighted by molar-refractivity contribution is 7.91. The Kier molecular flexibility index (Phi) is 4.47. The molecule has 1 amide bonds. The molecule has 0 spiro atoms. The Balaban J connectivity index is 1.62. The minimum Gasteiger partial charge on any atom is -0.334 e. The fourth-order valence-electron chi connectivity index (χ4n) is 2.46. The first-order valence-electron chi connectivity index (χ1n) is 7.05. The van der Waals surface area contributed by atoms with Crippen LogP contribution in [0, 0.1) is 5.82 Å². The number of likely N-dealkylation sites (tertiary alicyclic amines) is 1. The van der Waals surface area contributed by atoms with Crippen molar-refractivity contribution >= 4 is 27.3 Å². The molecule has 1 aromatic heterocycles. The summed E-state index contributed by atoms with van der Waals surface area (Å²) < 4.78 is 39.5. The SMILES string of the molecule is O=C(CNS(=O)(=O)c1cccs1)N1CC[C@H]1c1ccc(F)cc1. The minimum atomic E-state index is -3.65. The average molecular weight is 354 g/mol. The summed E-state index contributed by atoms with van der Waals surface area (Å²) in [6.07, 6.45) is 0.787. The van der Waals surface area contributed by atoms with E-state index >= 15 is 0 Å². The topological polar surface area (TPSA) is 66.5 Å². The molecule has 2 aromatic rings. The first-order chi connectivity index (χ1) is 11.0. The number of carbonyl (C=O) groups excluding carboxylic acids is 1. The van der Waals surface area contributed by atoms with Gasteiger partial charge >= 0.3 is 0 Å². The van der Waals surface area contributed by atoms with Crippen LogP contribution in [0.1, 0.15) is 18.0 Å². The lowest BCUT2D eigenvalue weighted by molar-refractivity contribution is -0.137. The van der Waals surface area contributed by atoms with Crippen LogP contribution in [0.4, 0.5) is 4.39 Å². The first kappa shape index (κ1) is 16.1. The molecule has 8 heteroatoms. The van der Waals surface area contributed by atoms with Crippen molar-refractivity contribution < 1.29 is 17.6 Å². The summed E-state index contributed by atoms with van der Waals surface area (Å²) in [6, 6.07) is 9.02. The van der Waals surface area contributed by atoms with E-state index in [-0.39, 0.29) is 28.5 Å². The Morgan fingerprint density at radius 2 is 2.04 bits per heavy atom. The number of hydrogen-bond acceptors (Lipinski definition) is 4. The van der Waals surface area contributed by atoms with Gasteiger partial charge in [-0.15, -0.1) is 11.3 Å². The van der Waals surface area contributed by atoms with Gasteiger partial charge in [-0.25, -0.2) is 17.5 Å². The maximum atomic E-state index is 13.0. The summed E-state index contributed by atoms with van der Waals surface area (Å²) >= 11 is 1.10. The van der Waals surface area contributed by atoms with Gasteiger partial charge in [0.05, 0.1) is 12.6 Å². The van der Waals surface area contributed by atoms with Crippen LogP contribution in [0.2, 0.25) is 0 Å². The van der Waals surface area contributed by atoms with Gasteiger partial charge in [-0.2, -0.15) is 0 Å². The summed E-state index contributed by atoms with van der Waals surface area (Å²) in [7, 11) is -3.65. The number of hydrogen-bond donors (Lipinski definition) is 1. The van der Waals surface area contributed by atoms with Crippen LogP contribution in [0.15, 0.2) is 46.0 Å². The fraction of sp³-hybridized carbons (Fsp3) is 0.267. The van der Waals surface area contributed by atoms with E-state index < -0.39 is 10.0 Å². The second-order valence-corrected chi connectivity index (χ2v) is 8.14. The van der Waals surface area contributed by atoms with Gasteiger partial charge in [0.1, 0.15) is 10.0 Å². The molecule has 0 bridgehead atoms. The zero-order valence-electron chi connectivity index (χ0n) is 12.1. The van der Waals surface area contributed by atoms with Crippen LogP contribution in [-0.4, -0.2) is 32.3 Å². The van der Waals surface area contributed by atoms with Crippen LogP contribution >= 0.6 is 11.3 Å². The van der Waals surface area contributed by atoms with Gasteiger partial charge < -0.3 is 4.90 Å². The lowest BCUT2D eigenvalue weighted by Gasteiger charge is -2.41. The minimum absolute atomic E-state index is 0.116. The summed E-state index contributed by atoms with van der Waals surface area (Å²) in [4.78, 5) is 13.8. The highest BCUT2D eigenvalue weighted by Crippen LogP contribution is 2.33. The third-order valence-electron chi connectivity index (χ3n) is 3.77. The maximum Gasteiger partial charge on any atom is 0.250 e. The Morgan fingerprint density at radius 3 is 2.61 bits per heavy atom. The molecule has 1 atom stereocenters. The second kappa shape index (κ2) is 6.38. The van der Waals surface area contributed by atoms with E-state index in [0.717, 1.165) is 23.3 Å². The molecule has 0 saturated carbocycles. The van der Waals surface area contributed by atoms with Crippen LogP contribution in [0.3, 0.4) is 0 Å². The fourth-order valence-corrected chi connectivity index (χ4v) is 4.48. The maximum absolute atomic E-state index is 13.0. The molecule has 3 rings (SSSR count). The number of nitrogens with zero attached hydrogens (tertiary/aromatic N) is 1. The molecule has 1 aliphatic heterocycles. The normalized spacial score (nSPS) is 17.8. The van der Waals surface area contributed by atoms with Crippen molar-refractivity contribution in [1.29, 1.82) is 0 Å². The monoisotopic (exact) mass is 354 g/mol. The van der Waals surface area contributed by atoms with Crippen LogP contribution in [-0.2, 0) is 14.8 Å². The molecule has 0 radical (unpaired) electrons. The molecular weight excluding hydrogens is 339 g/mol. The van der Waals surface area contributed by atoms with Crippen LogP contribution in [0.5, 0.6) is 0 Å². The van der Waals surface area contributed by atoms with E-state index in [0.29, 0.717) is 6.54 Å². The van der Waals surface area contributed by atoms with E-state index in [1.165, 1.54) is 18.2 Å². The molecular formula is C15H15FN2O3S2. The van der Waals surface area contributed by atoms with E-state index in [1.807, 2.05) is 0 Å². The van der Waals surface area contributed by atoms with Crippen LogP contribution < -0.4 is 4.72 Å². The van der Waals surface area contributed by atoms with E-state index in [9.17, 15) is 17.6 Å². The van der Waals surface area contributed by atoms with Crippen molar-refractivity contribution in [2.75, 3.05) is 13.1 Å². The molecule has 1 N–H and O–H groups in total.